The first-order valence-electron chi connectivity index (χ1n) is 9.13. The lowest BCUT2D eigenvalue weighted by Crippen LogP contribution is -2.41. The van der Waals surface area contributed by atoms with Gasteiger partial charge in [-0.05, 0) is 30.7 Å². The largest absolute Gasteiger partial charge is 0.490 e. The number of hydrogen-bond acceptors (Lipinski definition) is 6. The number of ether oxygens (including phenoxy) is 3. The Morgan fingerprint density at radius 2 is 2.04 bits per heavy atom. The van der Waals surface area contributed by atoms with Gasteiger partial charge < -0.3 is 19.1 Å². The molecular formula is C19H23N5O3. The molecule has 0 amide bonds. The first kappa shape index (κ1) is 17.4. The van der Waals surface area contributed by atoms with E-state index in [2.05, 4.69) is 20.1 Å². The van der Waals surface area contributed by atoms with E-state index in [1.807, 2.05) is 31.2 Å². The fourth-order valence-corrected chi connectivity index (χ4v) is 3.29. The molecule has 0 atom stereocenters. The van der Waals surface area contributed by atoms with Crippen molar-refractivity contribution < 1.29 is 14.2 Å². The van der Waals surface area contributed by atoms with Crippen molar-refractivity contribution >= 4 is 11.9 Å². The van der Waals surface area contributed by atoms with Gasteiger partial charge in [0.05, 0.1) is 0 Å². The second kappa shape index (κ2) is 7.69. The Balaban J connectivity index is 1.32. The van der Waals surface area contributed by atoms with Crippen molar-refractivity contribution in [2.45, 2.75) is 25.9 Å². The lowest BCUT2D eigenvalue weighted by molar-refractivity contribution is 0.128. The molecule has 0 radical (unpaired) electrons. The highest BCUT2D eigenvalue weighted by atomic mass is 16.6. The summed E-state index contributed by atoms with van der Waals surface area (Å²) in [6.07, 6.45) is 5.17. The minimum Gasteiger partial charge on any atom is -0.490 e. The zero-order valence-electron chi connectivity index (χ0n) is 15.3. The van der Waals surface area contributed by atoms with Crippen LogP contribution >= 0.6 is 0 Å². The number of nitrogens with zero attached hydrogens (tertiary/aromatic N) is 3. The summed E-state index contributed by atoms with van der Waals surface area (Å²) in [5, 5.41) is 15.0. The smallest absolute Gasteiger partial charge is 0.165 e. The molecule has 2 aliphatic rings. The molecule has 4 rings (SSSR count). The topological polar surface area (TPSA) is 96.4 Å². The highest BCUT2D eigenvalue weighted by Gasteiger charge is 2.23. The Morgan fingerprint density at radius 3 is 2.78 bits per heavy atom. The van der Waals surface area contributed by atoms with E-state index < -0.39 is 0 Å². The lowest BCUT2D eigenvalue weighted by Gasteiger charge is -2.34. The van der Waals surface area contributed by atoms with Crippen molar-refractivity contribution in [3.63, 3.8) is 0 Å². The molecule has 2 aliphatic heterocycles. The summed E-state index contributed by atoms with van der Waals surface area (Å²) in [7, 11) is 0. The standard InChI is InChI=1S/C19H23N5O3/c1-13(10-18-21-12-22-23-18)19(20)24-6-4-14(5-7-24)27-15-2-3-16-17(11-15)26-9-8-25-16/h2-3,10-12,14,20H,4-9H2,1H3,(H,21,22,23)/b13-10-,20-19?. The Morgan fingerprint density at radius 1 is 1.26 bits per heavy atom. The van der Waals surface area contributed by atoms with Crippen molar-refractivity contribution in [2.75, 3.05) is 26.3 Å². The number of nitrogens with one attached hydrogen (secondary N) is 2. The average Bonchev–Trinajstić information content (AvgIpc) is 3.21. The van der Waals surface area contributed by atoms with E-state index in [1.165, 1.54) is 6.33 Å². The van der Waals surface area contributed by atoms with Gasteiger partial charge in [0.2, 0.25) is 0 Å². The van der Waals surface area contributed by atoms with Crippen LogP contribution in [0.1, 0.15) is 25.6 Å². The summed E-state index contributed by atoms with van der Waals surface area (Å²) in [6.45, 7) is 4.65. The van der Waals surface area contributed by atoms with Crippen molar-refractivity contribution in [3.05, 3.63) is 35.9 Å². The predicted molar refractivity (Wildman–Crippen MR) is 100 cm³/mol. The van der Waals surface area contributed by atoms with Crippen LogP contribution in [0, 0.1) is 5.41 Å². The van der Waals surface area contributed by atoms with Crippen molar-refractivity contribution in [1.29, 1.82) is 5.41 Å². The van der Waals surface area contributed by atoms with Crippen LogP contribution in [-0.4, -0.2) is 58.3 Å². The molecule has 3 heterocycles. The molecule has 0 aliphatic carbocycles. The summed E-state index contributed by atoms with van der Waals surface area (Å²) in [6, 6.07) is 5.71. The monoisotopic (exact) mass is 369 g/mol. The van der Waals surface area contributed by atoms with Crippen LogP contribution in [0.4, 0.5) is 0 Å². The van der Waals surface area contributed by atoms with Crippen LogP contribution < -0.4 is 14.2 Å². The summed E-state index contributed by atoms with van der Waals surface area (Å²) < 4.78 is 17.3. The third-order valence-electron chi connectivity index (χ3n) is 4.74. The molecule has 142 valence electrons. The van der Waals surface area contributed by atoms with E-state index in [0.29, 0.717) is 24.9 Å². The Bertz CT molecular complexity index is 826. The van der Waals surface area contributed by atoms with Gasteiger partial charge in [0.1, 0.15) is 43.1 Å². The van der Waals surface area contributed by atoms with Crippen molar-refractivity contribution in [1.82, 2.24) is 20.1 Å². The molecule has 1 saturated heterocycles. The maximum absolute atomic E-state index is 8.41. The summed E-state index contributed by atoms with van der Waals surface area (Å²) in [5.41, 5.74) is 0.859. The highest BCUT2D eigenvalue weighted by molar-refractivity contribution is 5.99. The summed E-state index contributed by atoms with van der Waals surface area (Å²) in [4.78, 5) is 6.15. The molecule has 0 spiro atoms. The minimum absolute atomic E-state index is 0.134. The molecule has 1 aromatic carbocycles. The SMILES string of the molecule is C/C(=C/c1ncn[nH]1)C(=N)N1CCC(Oc2ccc3c(c2)OCCO3)CC1. The molecule has 0 saturated carbocycles. The van der Waals surface area contributed by atoms with Gasteiger partial charge in [0.15, 0.2) is 11.5 Å². The molecule has 27 heavy (non-hydrogen) atoms. The molecule has 2 aromatic rings. The van der Waals surface area contributed by atoms with Gasteiger partial charge in [0.25, 0.3) is 0 Å². The van der Waals surface area contributed by atoms with E-state index in [9.17, 15) is 0 Å². The molecule has 0 bridgehead atoms. The second-order valence-electron chi connectivity index (χ2n) is 6.66. The molecule has 0 unspecified atom stereocenters. The Labute approximate surface area is 157 Å². The number of aromatic amines is 1. The predicted octanol–water partition coefficient (Wildman–Crippen LogP) is 2.50. The average molecular weight is 369 g/mol. The molecule has 8 heteroatoms. The van der Waals surface area contributed by atoms with E-state index in [-0.39, 0.29) is 6.10 Å². The van der Waals surface area contributed by atoms with Gasteiger partial charge in [-0.1, -0.05) is 0 Å². The zero-order valence-corrected chi connectivity index (χ0v) is 15.3. The van der Waals surface area contributed by atoms with Crippen LogP contribution in [0.5, 0.6) is 17.2 Å². The number of benzene rings is 1. The summed E-state index contributed by atoms with van der Waals surface area (Å²) in [5.74, 6) is 3.49. The van der Waals surface area contributed by atoms with Crippen LogP contribution in [-0.2, 0) is 0 Å². The minimum atomic E-state index is 0.134. The number of likely N-dealkylation sites (tertiary alicyclic amines) is 1. The third-order valence-corrected chi connectivity index (χ3v) is 4.74. The fraction of sp³-hybridized carbons (Fsp3) is 0.421. The quantitative estimate of drug-likeness (QED) is 0.635. The van der Waals surface area contributed by atoms with E-state index in [4.69, 9.17) is 19.6 Å². The zero-order chi connectivity index (χ0) is 18.6. The maximum Gasteiger partial charge on any atom is 0.165 e. The molecule has 8 nitrogen and oxygen atoms in total. The Hall–Kier alpha value is -3.03. The van der Waals surface area contributed by atoms with E-state index in [0.717, 1.165) is 48.8 Å². The van der Waals surface area contributed by atoms with Crippen LogP contribution in [0.3, 0.4) is 0 Å². The van der Waals surface area contributed by atoms with Gasteiger partial charge in [-0.25, -0.2) is 4.98 Å². The number of H-pyrrole nitrogens is 1. The van der Waals surface area contributed by atoms with Crippen molar-refractivity contribution in [3.8, 4) is 17.2 Å². The van der Waals surface area contributed by atoms with Crippen LogP contribution in [0.15, 0.2) is 30.1 Å². The number of rotatable bonds is 4. The molecule has 2 N–H and O–H groups in total. The van der Waals surface area contributed by atoms with Crippen molar-refractivity contribution in [2.24, 2.45) is 0 Å². The number of amidine groups is 1. The third kappa shape index (κ3) is 4.05. The van der Waals surface area contributed by atoms with Gasteiger partial charge in [-0.2, -0.15) is 5.10 Å². The van der Waals surface area contributed by atoms with Crippen LogP contribution in [0.25, 0.3) is 6.08 Å². The van der Waals surface area contributed by atoms with Gasteiger partial charge >= 0.3 is 0 Å². The molecule has 1 aromatic heterocycles. The highest BCUT2D eigenvalue weighted by Crippen LogP contribution is 2.34. The fourth-order valence-electron chi connectivity index (χ4n) is 3.29. The van der Waals surface area contributed by atoms with Crippen LogP contribution in [0.2, 0.25) is 0 Å². The summed E-state index contributed by atoms with van der Waals surface area (Å²) >= 11 is 0. The van der Waals surface area contributed by atoms with Gasteiger partial charge in [-0.15, -0.1) is 0 Å². The number of hydrogen-bond donors (Lipinski definition) is 2. The van der Waals surface area contributed by atoms with E-state index >= 15 is 0 Å². The number of aromatic nitrogens is 3. The first-order chi connectivity index (χ1) is 13.2. The van der Waals surface area contributed by atoms with E-state index in [1.54, 1.807) is 0 Å². The second-order valence-corrected chi connectivity index (χ2v) is 6.66. The van der Waals surface area contributed by atoms with Gasteiger partial charge in [0, 0.05) is 32.0 Å². The Kier molecular flexibility index (Phi) is 4.95. The number of fused-ring (bicyclic) bond motifs is 1. The molecular weight excluding hydrogens is 346 g/mol. The molecule has 1 fully saturated rings. The lowest BCUT2D eigenvalue weighted by atomic mass is 10.1. The maximum atomic E-state index is 8.41. The normalized spacial score (nSPS) is 17.7. The first-order valence-corrected chi connectivity index (χ1v) is 9.13. The van der Waals surface area contributed by atoms with Gasteiger partial charge in [-0.3, -0.25) is 10.5 Å². The number of piperidine rings is 1.